The van der Waals surface area contributed by atoms with Crippen LogP contribution >= 0.6 is 22.9 Å². The van der Waals surface area contributed by atoms with Gasteiger partial charge in [0, 0.05) is 34.8 Å². The molecular formula is C25H24ClN5O3S. The number of fused-ring (bicyclic) bond motifs is 1. The summed E-state index contributed by atoms with van der Waals surface area (Å²) in [6.45, 7) is 5.07. The summed E-state index contributed by atoms with van der Waals surface area (Å²) >= 11 is 7.52. The molecule has 35 heavy (non-hydrogen) atoms. The Morgan fingerprint density at radius 3 is 2.57 bits per heavy atom. The van der Waals surface area contributed by atoms with Gasteiger partial charge >= 0.3 is 0 Å². The average Bonchev–Trinajstić information content (AvgIpc) is 3.18. The van der Waals surface area contributed by atoms with Crippen molar-refractivity contribution < 1.29 is 14.3 Å². The number of carbonyl (C=O) groups excluding carboxylic acids is 2. The van der Waals surface area contributed by atoms with E-state index in [4.69, 9.17) is 27.8 Å². The molecule has 0 saturated carbocycles. The van der Waals surface area contributed by atoms with Crippen molar-refractivity contribution in [2.45, 2.75) is 26.3 Å². The molecule has 4 aromatic rings. The lowest BCUT2D eigenvalue weighted by Gasteiger charge is -2.21. The Morgan fingerprint density at radius 1 is 1.09 bits per heavy atom. The van der Waals surface area contributed by atoms with Gasteiger partial charge in [-0.2, -0.15) is 0 Å². The maximum Gasteiger partial charge on any atom is 0.255 e. The number of rotatable bonds is 6. The fourth-order valence-corrected chi connectivity index (χ4v) is 4.74. The molecule has 10 heteroatoms. The summed E-state index contributed by atoms with van der Waals surface area (Å²) < 4.78 is 6.70. The number of nitrogens with two attached hydrogens (primary N) is 2. The predicted molar refractivity (Wildman–Crippen MR) is 141 cm³/mol. The van der Waals surface area contributed by atoms with E-state index in [0.29, 0.717) is 54.4 Å². The van der Waals surface area contributed by atoms with Crippen molar-refractivity contribution in [2.24, 2.45) is 5.73 Å². The van der Waals surface area contributed by atoms with Crippen molar-refractivity contribution in [3.63, 3.8) is 0 Å². The number of ether oxygens (including phenoxy) is 1. The molecule has 3 aromatic carbocycles. The van der Waals surface area contributed by atoms with Gasteiger partial charge in [-0.05, 0) is 61.9 Å². The highest BCUT2D eigenvalue weighted by atomic mass is 35.5. The molecule has 0 spiro atoms. The lowest BCUT2D eigenvalue weighted by molar-refractivity contribution is -0.114. The normalized spacial score (nSPS) is 11.3. The van der Waals surface area contributed by atoms with E-state index < -0.39 is 5.54 Å². The molecule has 0 bridgehead atoms. The molecule has 180 valence electrons. The van der Waals surface area contributed by atoms with Crippen LogP contribution in [0.25, 0.3) is 10.2 Å². The average molecular weight is 510 g/mol. The molecule has 0 saturated heterocycles. The van der Waals surface area contributed by atoms with Crippen molar-refractivity contribution in [3.8, 4) is 11.5 Å². The van der Waals surface area contributed by atoms with Gasteiger partial charge in [-0.3, -0.25) is 9.59 Å². The molecule has 1 heterocycles. The van der Waals surface area contributed by atoms with Gasteiger partial charge in [-0.1, -0.05) is 29.0 Å². The molecule has 0 atom stereocenters. The van der Waals surface area contributed by atoms with Crippen LogP contribution in [-0.2, 0) is 10.3 Å². The molecular weight excluding hydrogens is 486 g/mol. The molecule has 0 aliphatic heterocycles. The fraction of sp³-hybridized carbons (Fsp3) is 0.160. The maximum absolute atomic E-state index is 12.9. The highest BCUT2D eigenvalue weighted by Crippen LogP contribution is 2.38. The van der Waals surface area contributed by atoms with E-state index in [1.54, 1.807) is 54.6 Å². The molecule has 8 nitrogen and oxygen atoms in total. The van der Waals surface area contributed by atoms with Crippen molar-refractivity contribution in [1.29, 1.82) is 0 Å². The van der Waals surface area contributed by atoms with Crippen molar-refractivity contribution in [1.82, 2.24) is 4.98 Å². The first-order valence-electron chi connectivity index (χ1n) is 10.7. The summed E-state index contributed by atoms with van der Waals surface area (Å²) in [6.07, 6.45) is 0. The minimum atomic E-state index is -0.691. The molecule has 0 fully saturated rings. The van der Waals surface area contributed by atoms with Crippen molar-refractivity contribution >= 4 is 61.5 Å². The quantitative estimate of drug-likeness (QED) is 0.245. The molecule has 0 aliphatic rings. The first kappa shape index (κ1) is 24.5. The van der Waals surface area contributed by atoms with E-state index in [9.17, 15) is 9.59 Å². The number of hydrogen-bond donors (Lipinski definition) is 4. The van der Waals surface area contributed by atoms with Crippen LogP contribution in [0.3, 0.4) is 0 Å². The smallest absolute Gasteiger partial charge is 0.255 e. The number of thiazole rings is 1. The van der Waals surface area contributed by atoms with Crippen LogP contribution in [0.2, 0.25) is 5.02 Å². The summed E-state index contributed by atoms with van der Waals surface area (Å²) in [4.78, 5) is 28.5. The van der Waals surface area contributed by atoms with Gasteiger partial charge in [0.1, 0.15) is 5.75 Å². The topological polar surface area (TPSA) is 132 Å². The Balaban J connectivity index is 1.54. The first-order chi connectivity index (χ1) is 16.5. The van der Waals surface area contributed by atoms with Gasteiger partial charge in [-0.25, -0.2) is 4.98 Å². The Bertz CT molecular complexity index is 1450. The van der Waals surface area contributed by atoms with Crippen LogP contribution < -0.4 is 26.8 Å². The number of hydrogen-bond acceptors (Lipinski definition) is 7. The third kappa shape index (κ3) is 5.54. The fourth-order valence-electron chi connectivity index (χ4n) is 3.42. The van der Waals surface area contributed by atoms with Gasteiger partial charge < -0.3 is 26.8 Å². The number of nitrogen functional groups attached to an aromatic ring is 1. The Labute approximate surface area is 211 Å². The van der Waals surface area contributed by atoms with Crippen LogP contribution in [0.5, 0.6) is 11.5 Å². The van der Waals surface area contributed by atoms with Crippen LogP contribution in [-0.4, -0.2) is 16.8 Å². The van der Waals surface area contributed by atoms with Gasteiger partial charge in [0.15, 0.2) is 10.9 Å². The molecule has 6 N–H and O–H groups in total. The summed E-state index contributed by atoms with van der Waals surface area (Å²) in [5.74, 6) is 0.409. The molecule has 0 unspecified atom stereocenters. The minimum absolute atomic E-state index is 0.209. The number of benzene rings is 3. The summed E-state index contributed by atoms with van der Waals surface area (Å²) in [5.41, 5.74) is 14.5. The molecule has 4 rings (SSSR count). The van der Waals surface area contributed by atoms with E-state index in [1.807, 2.05) is 13.8 Å². The number of halogens is 1. The molecule has 0 aliphatic carbocycles. The lowest BCUT2D eigenvalue weighted by Crippen LogP contribution is -2.29. The molecule has 0 radical (unpaired) electrons. The SMILES string of the molecule is CC(=O)Nc1nc2ccc(Oc3cccc(NC(=O)c4ccc(Cl)c(C(C)(C)N)c4)c3)c(N)c2s1. The van der Waals surface area contributed by atoms with Crippen LogP contribution in [0.15, 0.2) is 54.6 Å². The number of anilines is 3. The lowest BCUT2D eigenvalue weighted by atomic mass is 9.94. The minimum Gasteiger partial charge on any atom is -0.455 e. The standard InChI is InChI=1S/C25H24ClN5O3S/c1-13(32)29-24-31-19-9-10-20(21(27)22(19)35-24)34-16-6-4-5-15(12-16)30-23(33)14-7-8-18(26)17(11-14)25(2,3)28/h4-12H,27-28H2,1-3H3,(H,30,33)(H,29,31,32). The van der Waals surface area contributed by atoms with E-state index in [2.05, 4.69) is 15.6 Å². The van der Waals surface area contributed by atoms with Gasteiger partial charge in [0.25, 0.3) is 5.91 Å². The number of amides is 2. The zero-order chi connectivity index (χ0) is 25.3. The highest BCUT2D eigenvalue weighted by molar-refractivity contribution is 7.23. The zero-order valence-corrected chi connectivity index (χ0v) is 20.9. The Morgan fingerprint density at radius 2 is 1.86 bits per heavy atom. The third-order valence-corrected chi connectivity index (χ3v) is 6.43. The summed E-state index contributed by atoms with van der Waals surface area (Å²) in [7, 11) is 0. The number of carbonyl (C=O) groups is 2. The third-order valence-electron chi connectivity index (χ3n) is 5.08. The van der Waals surface area contributed by atoms with Crippen LogP contribution in [0.1, 0.15) is 36.7 Å². The highest BCUT2D eigenvalue weighted by Gasteiger charge is 2.20. The summed E-state index contributed by atoms with van der Waals surface area (Å²) in [6, 6.07) is 15.4. The van der Waals surface area contributed by atoms with Crippen molar-refractivity contribution in [3.05, 3.63) is 70.7 Å². The van der Waals surface area contributed by atoms with Gasteiger partial charge in [0.05, 0.1) is 15.9 Å². The number of nitrogens with one attached hydrogen (secondary N) is 2. The molecule has 2 amide bonds. The largest absolute Gasteiger partial charge is 0.455 e. The Hall–Kier alpha value is -3.66. The van der Waals surface area contributed by atoms with Crippen LogP contribution in [0.4, 0.5) is 16.5 Å². The Kier molecular flexibility index (Phi) is 6.66. The first-order valence-corrected chi connectivity index (χ1v) is 11.9. The summed E-state index contributed by atoms with van der Waals surface area (Å²) in [5, 5.41) is 6.49. The molecule has 1 aromatic heterocycles. The zero-order valence-electron chi connectivity index (χ0n) is 19.3. The van der Waals surface area contributed by atoms with Gasteiger partial charge in [0.2, 0.25) is 5.91 Å². The van der Waals surface area contributed by atoms with E-state index >= 15 is 0 Å². The predicted octanol–water partition coefficient (Wildman–Crippen LogP) is 5.73. The maximum atomic E-state index is 12.9. The van der Waals surface area contributed by atoms with E-state index in [1.165, 1.54) is 18.3 Å². The number of aromatic nitrogens is 1. The van der Waals surface area contributed by atoms with Crippen LogP contribution in [0, 0.1) is 0 Å². The monoisotopic (exact) mass is 509 g/mol. The second kappa shape index (κ2) is 9.53. The van der Waals surface area contributed by atoms with Gasteiger partial charge in [-0.15, -0.1) is 0 Å². The van der Waals surface area contributed by atoms with Crippen molar-refractivity contribution in [2.75, 3.05) is 16.4 Å². The van der Waals surface area contributed by atoms with E-state index in [-0.39, 0.29) is 11.8 Å². The second-order valence-electron chi connectivity index (χ2n) is 8.53. The van der Waals surface area contributed by atoms with E-state index in [0.717, 1.165) is 0 Å². The second-order valence-corrected chi connectivity index (χ2v) is 9.93. The number of nitrogens with zero attached hydrogens (tertiary/aromatic N) is 1.